The molecule has 2 bridgehead atoms. The van der Waals surface area contributed by atoms with Gasteiger partial charge >= 0.3 is 5.97 Å². The van der Waals surface area contributed by atoms with E-state index in [0.29, 0.717) is 30.6 Å². The summed E-state index contributed by atoms with van der Waals surface area (Å²) in [6, 6.07) is 17.1. The summed E-state index contributed by atoms with van der Waals surface area (Å²) < 4.78 is 16.8. The van der Waals surface area contributed by atoms with Gasteiger partial charge in [0.05, 0.1) is 22.8 Å². The minimum absolute atomic E-state index is 0.183. The summed E-state index contributed by atoms with van der Waals surface area (Å²) in [5.41, 5.74) is 2.73. The average Bonchev–Trinajstić information content (AvgIpc) is 3.63. The molecule has 1 saturated carbocycles. The Labute approximate surface area is 236 Å². The highest BCUT2D eigenvalue weighted by molar-refractivity contribution is 5.75. The van der Waals surface area contributed by atoms with Gasteiger partial charge in [-0.3, -0.25) is 9.69 Å². The molecule has 40 heavy (non-hydrogen) atoms. The van der Waals surface area contributed by atoms with Crippen molar-refractivity contribution in [3.8, 4) is 0 Å². The third-order valence-corrected chi connectivity index (χ3v) is 10.8. The Morgan fingerprint density at radius 2 is 1.75 bits per heavy atom. The first-order chi connectivity index (χ1) is 19.5. The molecule has 2 aromatic carbocycles. The minimum Gasteiger partial charge on any atom is -0.481 e. The van der Waals surface area contributed by atoms with Gasteiger partial charge in [0.15, 0.2) is 0 Å². The van der Waals surface area contributed by atoms with Crippen molar-refractivity contribution >= 4 is 17.0 Å². The first-order valence-electron chi connectivity index (χ1n) is 15.4. The summed E-state index contributed by atoms with van der Waals surface area (Å²) in [6.45, 7) is 3.33. The van der Waals surface area contributed by atoms with E-state index in [1.807, 2.05) is 12.4 Å². The van der Waals surface area contributed by atoms with Gasteiger partial charge in [0.25, 0.3) is 0 Å². The van der Waals surface area contributed by atoms with Crippen LogP contribution in [0, 0.1) is 17.2 Å². The fraction of sp³-hybridized carbons (Fsp3) is 0.576. The maximum absolute atomic E-state index is 14.4. The number of nitrogens with zero attached hydrogens (tertiary/aromatic N) is 4. The number of hydrogen-bond donors (Lipinski definition) is 1. The van der Waals surface area contributed by atoms with Gasteiger partial charge in [0.1, 0.15) is 5.82 Å². The Hall–Kier alpha value is -2.77. The second-order valence-corrected chi connectivity index (χ2v) is 13.1. The van der Waals surface area contributed by atoms with Crippen molar-refractivity contribution in [1.29, 1.82) is 0 Å². The van der Waals surface area contributed by atoms with Gasteiger partial charge in [-0.05, 0) is 74.3 Å². The van der Waals surface area contributed by atoms with Crippen LogP contribution in [0.15, 0.2) is 54.9 Å². The van der Waals surface area contributed by atoms with Gasteiger partial charge in [0.2, 0.25) is 0 Å². The van der Waals surface area contributed by atoms with Crippen LogP contribution >= 0.6 is 0 Å². The number of piperidine rings is 1. The van der Waals surface area contributed by atoms with Crippen molar-refractivity contribution in [3.05, 3.63) is 66.2 Å². The number of aromatic nitrogens is 2. The highest BCUT2D eigenvalue weighted by atomic mass is 19.1. The Morgan fingerprint density at radius 3 is 2.50 bits per heavy atom. The number of hydrogen-bond acceptors (Lipinski definition) is 4. The molecular weight excluding hydrogens is 503 g/mol. The molecule has 212 valence electrons. The molecule has 3 aromatic rings. The lowest BCUT2D eigenvalue weighted by Crippen LogP contribution is -2.47. The molecule has 1 N–H and O–H groups in total. The Kier molecular flexibility index (Phi) is 6.91. The summed E-state index contributed by atoms with van der Waals surface area (Å²) in [4.78, 5) is 22.3. The van der Waals surface area contributed by atoms with E-state index in [0.717, 1.165) is 75.7 Å². The molecule has 0 spiro atoms. The predicted octanol–water partition coefficient (Wildman–Crippen LogP) is 6.09. The van der Waals surface area contributed by atoms with E-state index in [-0.39, 0.29) is 11.7 Å². The fourth-order valence-corrected chi connectivity index (χ4v) is 8.80. The van der Waals surface area contributed by atoms with Crippen LogP contribution in [0.3, 0.4) is 0 Å². The molecule has 0 amide bonds. The van der Waals surface area contributed by atoms with Crippen molar-refractivity contribution in [2.24, 2.45) is 11.3 Å². The summed E-state index contributed by atoms with van der Waals surface area (Å²) >= 11 is 0. The van der Waals surface area contributed by atoms with Gasteiger partial charge in [-0.15, -0.1) is 0 Å². The van der Waals surface area contributed by atoms with Crippen LogP contribution in [0.25, 0.3) is 11.0 Å². The summed E-state index contributed by atoms with van der Waals surface area (Å²) in [5.74, 6) is -0.229. The van der Waals surface area contributed by atoms with Crippen molar-refractivity contribution in [2.45, 2.75) is 81.8 Å². The van der Waals surface area contributed by atoms with Crippen LogP contribution in [0.4, 0.5) is 4.39 Å². The lowest BCUT2D eigenvalue weighted by atomic mass is 9.73. The molecule has 2 unspecified atom stereocenters. The minimum atomic E-state index is -0.634. The summed E-state index contributed by atoms with van der Waals surface area (Å²) in [5, 5.41) is 10.3. The monoisotopic (exact) mass is 544 g/mol. The fourth-order valence-electron chi connectivity index (χ4n) is 8.80. The second kappa shape index (κ2) is 10.6. The number of benzene rings is 2. The normalized spacial score (nSPS) is 30.7. The van der Waals surface area contributed by atoms with E-state index in [1.165, 1.54) is 24.4 Å². The highest BCUT2D eigenvalue weighted by Gasteiger charge is 2.47. The Morgan fingerprint density at radius 1 is 0.975 bits per heavy atom. The average molecular weight is 545 g/mol. The Bertz CT molecular complexity index is 1350. The van der Waals surface area contributed by atoms with E-state index in [1.54, 1.807) is 6.07 Å². The van der Waals surface area contributed by atoms with E-state index < -0.39 is 11.4 Å². The SMILES string of the molecule is O=C(O)C1(CN2C[C@H](CN3C4CCC3CC(n3cnc5ccccc53)C4)[C@@H](c3cccc(F)c3)C2)CCCCC1. The van der Waals surface area contributed by atoms with Crippen molar-refractivity contribution in [3.63, 3.8) is 0 Å². The molecule has 3 aliphatic heterocycles. The zero-order chi connectivity index (χ0) is 27.3. The van der Waals surface area contributed by atoms with Gasteiger partial charge < -0.3 is 14.6 Å². The number of fused-ring (bicyclic) bond motifs is 3. The van der Waals surface area contributed by atoms with Gasteiger partial charge in [-0.2, -0.15) is 0 Å². The molecule has 7 rings (SSSR count). The third kappa shape index (κ3) is 4.75. The van der Waals surface area contributed by atoms with E-state index in [9.17, 15) is 14.3 Å². The van der Waals surface area contributed by atoms with Crippen LogP contribution in [-0.4, -0.2) is 68.7 Å². The molecule has 4 aliphatic rings. The van der Waals surface area contributed by atoms with Crippen molar-refractivity contribution in [2.75, 3.05) is 26.2 Å². The van der Waals surface area contributed by atoms with Crippen LogP contribution in [-0.2, 0) is 4.79 Å². The maximum Gasteiger partial charge on any atom is 0.310 e. The third-order valence-electron chi connectivity index (χ3n) is 10.8. The van der Waals surface area contributed by atoms with Crippen LogP contribution in [0.2, 0.25) is 0 Å². The molecule has 6 nitrogen and oxygen atoms in total. The van der Waals surface area contributed by atoms with E-state index in [4.69, 9.17) is 0 Å². The van der Waals surface area contributed by atoms with E-state index in [2.05, 4.69) is 49.7 Å². The number of imidazole rings is 1. The van der Waals surface area contributed by atoms with Crippen LogP contribution < -0.4 is 0 Å². The van der Waals surface area contributed by atoms with Gasteiger partial charge in [0, 0.05) is 50.2 Å². The lowest BCUT2D eigenvalue weighted by Gasteiger charge is -2.41. The number of carbonyl (C=O) groups is 1. The van der Waals surface area contributed by atoms with E-state index >= 15 is 0 Å². The zero-order valence-electron chi connectivity index (χ0n) is 23.3. The Balaban J connectivity index is 1.10. The number of aliphatic carboxylic acids is 1. The van der Waals surface area contributed by atoms with Crippen LogP contribution in [0.1, 0.15) is 75.3 Å². The van der Waals surface area contributed by atoms with Gasteiger partial charge in [-0.1, -0.05) is 43.5 Å². The number of carboxylic acid groups (broad SMARTS) is 1. The predicted molar refractivity (Wildman–Crippen MR) is 154 cm³/mol. The van der Waals surface area contributed by atoms with Crippen molar-refractivity contribution in [1.82, 2.24) is 19.4 Å². The standard InChI is InChI=1S/C33H41FN4O2/c34-25-8-6-7-23(15-25)29-20-36(21-33(32(39)40)13-4-1-5-14-33)18-24(29)19-37-26-11-12-27(37)17-28(16-26)38-22-35-30-9-2-3-10-31(30)38/h2-3,6-10,15,22,24,26-29H,1,4-5,11-14,16-21H2,(H,39,40)/t24-,26?,27?,28?,29-/m1/s1. The molecule has 4 atom stereocenters. The number of likely N-dealkylation sites (tertiary alicyclic amines) is 1. The number of para-hydroxylation sites is 2. The quantitative estimate of drug-likeness (QED) is 0.390. The number of rotatable bonds is 7. The molecule has 1 aliphatic carbocycles. The summed E-state index contributed by atoms with van der Waals surface area (Å²) in [6.07, 6.45) is 11.5. The largest absolute Gasteiger partial charge is 0.481 e. The highest BCUT2D eigenvalue weighted by Crippen LogP contribution is 2.45. The molecule has 0 radical (unpaired) electrons. The molecule has 3 saturated heterocycles. The lowest BCUT2D eigenvalue weighted by molar-refractivity contribution is -0.152. The van der Waals surface area contributed by atoms with Crippen molar-refractivity contribution < 1.29 is 14.3 Å². The number of carboxylic acids is 1. The number of halogens is 1. The topological polar surface area (TPSA) is 61.6 Å². The maximum atomic E-state index is 14.4. The second-order valence-electron chi connectivity index (χ2n) is 13.1. The molecule has 4 fully saturated rings. The first kappa shape index (κ1) is 26.1. The van der Waals surface area contributed by atoms with Crippen LogP contribution in [0.5, 0.6) is 0 Å². The molecule has 7 heteroatoms. The molecule has 4 heterocycles. The smallest absolute Gasteiger partial charge is 0.310 e. The van der Waals surface area contributed by atoms with Gasteiger partial charge in [-0.25, -0.2) is 9.37 Å². The molecule has 1 aromatic heterocycles. The zero-order valence-corrected chi connectivity index (χ0v) is 23.3. The molecular formula is C33H41FN4O2. The summed E-state index contributed by atoms with van der Waals surface area (Å²) in [7, 11) is 0. The first-order valence-corrected chi connectivity index (χ1v) is 15.4.